The largest absolute Gasteiger partial charge is 0.507 e. The number of phenols is 1. The minimum Gasteiger partial charge on any atom is -0.507 e. The van der Waals surface area contributed by atoms with Crippen LogP contribution >= 0.6 is 0 Å². The molecule has 1 saturated carbocycles. The van der Waals surface area contributed by atoms with Crippen molar-refractivity contribution < 1.29 is 9.90 Å². The van der Waals surface area contributed by atoms with Crippen molar-refractivity contribution >= 4 is 11.6 Å². The second-order valence-corrected chi connectivity index (χ2v) is 6.93. The van der Waals surface area contributed by atoms with Crippen LogP contribution in [0.3, 0.4) is 0 Å². The van der Waals surface area contributed by atoms with E-state index in [1.54, 1.807) is 18.2 Å². The summed E-state index contributed by atoms with van der Waals surface area (Å²) in [6.45, 7) is 8.15. The number of aromatic hydroxyl groups is 1. The van der Waals surface area contributed by atoms with Gasteiger partial charge in [0.1, 0.15) is 5.75 Å². The monoisotopic (exact) mass is 339 g/mol. The number of carbonyl (C=O) groups excluding carboxylic acids is 1. The van der Waals surface area contributed by atoms with E-state index in [0.717, 1.165) is 5.69 Å². The van der Waals surface area contributed by atoms with Gasteiger partial charge in [0.15, 0.2) is 0 Å². The second-order valence-electron chi connectivity index (χ2n) is 6.93. The number of carbonyl (C=O) groups is 1. The third kappa shape index (κ3) is 3.60. The number of benzene rings is 1. The number of allylic oxidation sites excluding steroid dienone is 1. The molecule has 1 heterocycles. The highest BCUT2D eigenvalue weighted by molar-refractivity contribution is 5.93. The Morgan fingerprint density at radius 2 is 2.20 bits per heavy atom. The van der Waals surface area contributed by atoms with E-state index in [0.29, 0.717) is 23.7 Å². The topological polar surface area (TPSA) is 67.2 Å². The molecule has 0 radical (unpaired) electrons. The lowest BCUT2D eigenvalue weighted by Crippen LogP contribution is -2.17. The number of amides is 1. The Balaban J connectivity index is 1.95. The molecule has 0 saturated heterocycles. The zero-order chi connectivity index (χ0) is 18.0. The van der Waals surface area contributed by atoms with Gasteiger partial charge in [-0.2, -0.15) is 5.10 Å². The van der Waals surface area contributed by atoms with Crippen molar-refractivity contribution in [1.82, 2.24) is 9.78 Å². The summed E-state index contributed by atoms with van der Waals surface area (Å²) in [5, 5.41) is 17.8. The van der Waals surface area contributed by atoms with Gasteiger partial charge in [-0.1, -0.05) is 26.3 Å². The Labute approximate surface area is 148 Å². The summed E-state index contributed by atoms with van der Waals surface area (Å²) in [4.78, 5) is 11.9. The molecule has 0 unspecified atom stereocenters. The quantitative estimate of drug-likeness (QED) is 0.609. The summed E-state index contributed by atoms with van der Waals surface area (Å²) in [5.74, 6) is 0.538. The fraction of sp³-hybridized carbons (Fsp3) is 0.400. The van der Waals surface area contributed by atoms with Crippen LogP contribution in [0.25, 0.3) is 11.3 Å². The number of aromatic nitrogens is 2. The van der Waals surface area contributed by atoms with E-state index >= 15 is 0 Å². The molecular weight excluding hydrogens is 314 g/mol. The van der Waals surface area contributed by atoms with E-state index in [1.165, 1.54) is 25.0 Å². The first-order valence-electron chi connectivity index (χ1n) is 8.82. The zero-order valence-electron chi connectivity index (χ0n) is 14.8. The van der Waals surface area contributed by atoms with Gasteiger partial charge in [-0.15, -0.1) is 6.58 Å². The molecule has 0 spiro atoms. The number of rotatable bonds is 6. The standard InChI is InChI=1S/C20H25N3O2/c1-4-10-23-18(14-6-5-7-14)12-17(22-23)16-11-15(8-9-19(16)24)21-20(25)13(2)3/h4,8-9,11-14,24H,1,5-7,10H2,2-3H3,(H,21,25). The van der Waals surface area contributed by atoms with Crippen molar-refractivity contribution in [2.75, 3.05) is 5.32 Å². The summed E-state index contributed by atoms with van der Waals surface area (Å²) in [6, 6.07) is 7.13. The van der Waals surface area contributed by atoms with E-state index in [2.05, 4.69) is 23.1 Å². The van der Waals surface area contributed by atoms with Crippen molar-refractivity contribution in [1.29, 1.82) is 0 Å². The Morgan fingerprint density at radius 1 is 1.44 bits per heavy atom. The van der Waals surface area contributed by atoms with E-state index in [1.807, 2.05) is 24.6 Å². The molecule has 1 fully saturated rings. The normalized spacial score (nSPS) is 14.4. The van der Waals surface area contributed by atoms with Gasteiger partial charge in [0.25, 0.3) is 0 Å². The molecule has 3 rings (SSSR count). The highest BCUT2D eigenvalue weighted by Gasteiger charge is 2.25. The minimum absolute atomic E-state index is 0.0519. The van der Waals surface area contributed by atoms with E-state index < -0.39 is 0 Å². The average Bonchev–Trinajstić information content (AvgIpc) is 2.91. The van der Waals surface area contributed by atoms with E-state index in [-0.39, 0.29) is 17.6 Å². The number of hydrogen-bond donors (Lipinski definition) is 2. The van der Waals surface area contributed by atoms with Gasteiger partial charge in [-0.25, -0.2) is 0 Å². The SMILES string of the molecule is C=CCn1nc(-c2cc(NC(=O)C(C)C)ccc2O)cc1C1CCC1. The van der Waals surface area contributed by atoms with Crippen LogP contribution in [0.1, 0.15) is 44.7 Å². The van der Waals surface area contributed by atoms with E-state index in [4.69, 9.17) is 0 Å². The maximum absolute atomic E-state index is 11.9. The van der Waals surface area contributed by atoms with Gasteiger partial charge < -0.3 is 10.4 Å². The maximum atomic E-state index is 11.9. The van der Waals surface area contributed by atoms with Crippen molar-refractivity contribution in [3.8, 4) is 17.0 Å². The number of nitrogens with one attached hydrogen (secondary N) is 1. The van der Waals surface area contributed by atoms with Crippen LogP contribution in [0.15, 0.2) is 36.9 Å². The van der Waals surface area contributed by atoms with Gasteiger partial charge in [0, 0.05) is 28.8 Å². The summed E-state index contributed by atoms with van der Waals surface area (Å²) in [5.41, 5.74) is 3.21. The van der Waals surface area contributed by atoms with E-state index in [9.17, 15) is 9.90 Å². The smallest absolute Gasteiger partial charge is 0.226 e. The Morgan fingerprint density at radius 3 is 2.80 bits per heavy atom. The third-order valence-electron chi connectivity index (χ3n) is 4.70. The molecule has 0 bridgehead atoms. The van der Waals surface area contributed by atoms with Crippen molar-refractivity contribution in [3.05, 3.63) is 42.6 Å². The molecule has 1 aromatic carbocycles. The summed E-state index contributed by atoms with van der Waals surface area (Å²) in [6.07, 6.45) is 5.44. The van der Waals surface area contributed by atoms with Crippen molar-refractivity contribution in [2.45, 2.75) is 45.6 Å². The molecule has 1 aromatic heterocycles. The third-order valence-corrected chi connectivity index (χ3v) is 4.70. The molecule has 0 atom stereocenters. The number of hydrogen-bond acceptors (Lipinski definition) is 3. The molecule has 2 aromatic rings. The van der Waals surface area contributed by atoms with Crippen molar-refractivity contribution in [3.63, 3.8) is 0 Å². The summed E-state index contributed by atoms with van der Waals surface area (Å²) >= 11 is 0. The molecule has 1 amide bonds. The fourth-order valence-electron chi connectivity index (χ4n) is 2.97. The molecule has 25 heavy (non-hydrogen) atoms. The van der Waals surface area contributed by atoms with Crippen LogP contribution in [-0.2, 0) is 11.3 Å². The molecule has 5 heteroatoms. The van der Waals surface area contributed by atoms with Gasteiger partial charge in [-0.3, -0.25) is 9.48 Å². The second kappa shape index (κ2) is 7.13. The number of nitrogens with zero attached hydrogens (tertiary/aromatic N) is 2. The maximum Gasteiger partial charge on any atom is 0.226 e. The van der Waals surface area contributed by atoms with Gasteiger partial charge >= 0.3 is 0 Å². The predicted molar refractivity (Wildman–Crippen MR) is 99.6 cm³/mol. The molecule has 1 aliphatic carbocycles. The average molecular weight is 339 g/mol. The molecule has 0 aliphatic heterocycles. The lowest BCUT2D eigenvalue weighted by molar-refractivity contribution is -0.118. The molecule has 1 aliphatic rings. The van der Waals surface area contributed by atoms with Crippen molar-refractivity contribution in [2.24, 2.45) is 5.92 Å². The van der Waals surface area contributed by atoms with Crippen LogP contribution < -0.4 is 5.32 Å². The molecule has 132 valence electrons. The summed E-state index contributed by atoms with van der Waals surface area (Å²) in [7, 11) is 0. The number of phenolic OH excluding ortho intramolecular Hbond substituents is 1. The van der Waals surface area contributed by atoms with Gasteiger partial charge in [-0.05, 0) is 37.1 Å². The zero-order valence-corrected chi connectivity index (χ0v) is 14.8. The first-order valence-corrected chi connectivity index (χ1v) is 8.82. The Hall–Kier alpha value is -2.56. The highest BCUT2D eigenvalue weighted by atomic mass is 16.3. The first-order chi connectivity index (χ1) is 12.0. The van der Waals surface area contributed by atoms with Crippen LogP contribution in [0, 0.1) is 5.92 Å². The van der Waals surface area contributed by atoms with Crippen LogP contribution in [0.2, 0.25) is 0 Å². The lowest BCUT2D eigenvalue weighted by Gasteiger charge is -2.25. The summed E-state index contributed by atoms with van der Waals surface area (Å²) < 4.78 is 1.96. The first kappa shape index (κ1) is 17.3. The minimum atomic E-state index is -0.103. The van der Waals surface area contributed by atoms with Crippen LogP contribution in [0.5, 0.6) is 5.75 Å². The fourth-order valence-corrected chi connectivity index (χ4v) is 2.97. The van der Waals surface area contributed by atoms with Gasteiger partial charge in [0.2, 0.25) is 5.91 Å². The highest BCUT2D eigenvalue weighted by Crippen LogP contribution is 2.39. The number of anilines is 1. The molecule has 2 N–H and O–H groups in total. The molecular formula is C20H25N3O2. The van der Waals surface area contributed by atoms with Crippen LogP contribution in [-0.4, -0.2) is 20.8 Å². The predicted octanol–water partition coefficient (Wildman–Crippen LogP) is 4.30. The lowest BCUT2D eigenvalue weighted by atomic mass is 9.82. The van der Waals surface area contributed by atoms with Crippen LogP contribution in [0.4, 0.5) is 5.69 Å². The molecule has 5 nitrogen and oxygen atoms in total. The Bertz CT molecular complexity index is 788. The van der Waals surface area contributed by atoms with Gasteiger partial charge in [0.05, 0.1) is 12.2 Å². The Kier molecular flexibility index (Phi) is 4.93.